The molecule has 0 amide bonds. The average Bonchev–Trinajstić information content (AvgIpc) is 2.43. The molecule has 0 aromatic heterocycles. The first-order valence-corrected chi connectivity index (χ1v) is 2.36. The van der Waals surface area contributed by atoms with Crippen molar-refractivity contribution in [3.05, 3.63) is 12.7 Å². The molecule has 1 heterocycles. The van der Waals surface area contributed by atoms with E-state index in [0.29, 0.717) is 6.67 Å². The van der Waals surface area contributed by atoms with Crippen molar-refractivity contribution in [1.82, 2.24) is 0 Å². The number of carboxylic acid groups (broad SMARTS) is 1. The van der Waals surface area contributed by atoms with Crippen LogP contribution in [0.4, 0.5) is 0 Å². The van der Waals surface area contributed by atoms with Crippen LogP contribution in [0.5, 0.6) is 0 Å². The number of carboxylic acids is 1. The van der Waals surface area contributed by atoms with E-state index >= 15 is 0 Å². The van der Waals surface area contributed by atoms with Gasteiger partial charge in [0.05, 0.1) is 0 Å². The normalized spacial score (nSPS) is 12.0. The summed E-state index contributed by atoms with van der Waals surface area (Å²) >= 11 is 0. The lowest BCUT2D eigenvalue weighted by molar-refractivity contribution is -0.131. The zero-order valence-electron chi connectivity index (χ0n) is 5.14. The number of rotatable bonds is 1. The van der Waals surface area contributed by atoms with Gasteiger partial charge in [-0.3, -0.25) is 0 Å². The lowest BCUT2D eigenvalue weighted by Crippen LogP contribution is -1.82. The molecular weight excluding hydrogens is 136 g/mol. The summed E-state index contributed by atoms with van der Waals surface area (Å²) in [6.45, 7) is 3.38. The third-order valence-electron chi connectivity index (χ3n) is 0.468. The molecule has 1 N–H and O–H groups in total. The third-order valence-corrected chi connectivity index (χ3v) is 0.468. The Morgan fingerprint density at radius 2 is 1.90 bits per heavy atom. The Balaban J connectivity index is 0.000000162. The van der Waals surface area contributed by atoms with Crippen LogP contribution < -0.4 is 0 Å². The molecule has 0 bridgehead atoms. The van der Waals surface area contributed by atoms with Crippen molar-refractivity contribution in [2.24, 2.45) is 20.7 Å². The number of hydrogen-bond acceptors (Lipinski definition) is 5. The minimum atomic E-state index is -0.981. The molecule has 0 fully saturated rings. The fourth-order valence-corrected chi connectivity index (χ4v) is 0.141. The highest BCUT2D eigenvalue weighted by atomic mass is 16.4. The molecule has 6 nitrogen and oxygen atoms in total. The standard InChI is InChI=1S/C3H4O2.CH2N4/c1-2-3(4)5;1-2-4-5-3-1/h2H,1H2,(H,4,5);1H2. The molecule has 1 aliphatic heterocycles. The van der Waals surface area contributed by atoms with Gasteiger partial charge >= 0.3 is 5.97 Å². The van der Waals surface area contributed by atoms with Crippen LogP contribution in [0.3, 0.4) is 0 Å². The summed E-state index contributed by atoms with van der Waals surface area (Å²) < 4.78 is 0. The number of hydrogen-bond donors (Lipinski definition) is 1. The van der Waals surface area contributed by atoms with Crippen LogP contribution >= 0.6 is 0 Å². The van der Waals surface area contributed by atoms with E-state index in [-0.39, 0.29) is 0 Å². The molecule has 0 aromatic rings. The summed E-state index contributed by atoms with van der Waals surface area (Å²) in [5.74, 6) is -0.981. The minimum absolute atomic E-state index is 0.417. The molecule has 0 saturated carbocycles. The molecule has 6 heteroatoms. The predicted molar refractivity (Wildman–Crippen MR) is 32.4 cm³/mol. The van der Waals surface area contributed by atoms with Crippen molar-refractivity contribution in [3.63, 3.8) is 0 Å². The molecule has 0 radical (unpaired) electrons. The average molecular weight is 142 g/mol. The SMILES string of the molecule is C1N=NN=N1.C=CC(=O)O. The zero-order chi connectivity index (χ0) is 7.82. The van der Waals surface area contributed by atoms with Gasteiger partial charge in [0.2, 0.25) is 0 Å². The highest BCUT2D eigenvalue weighted by molar-refractivity contribution is 5.78. The van der Waals surface area contributed by atoms with Gasteiger partial charge in [0.25, 0.3) is 0 Å². The Labute approximate surface area is 57.0 Å². The topological polar surface area (TPSA) is 86.7 Å². The van der Waals surface area contributed by atoms with Crippen LogP contribution in [-0.4, -0.2) is 17.7 Å². The summed E-state index contributed by atoms with van der Waals surface area (Å²) in [4.78, 5) is 9.25. The Bertz CT molecular complexity index is 164. The van der Waals surface area contributed by atoms with E-state index in [9.17, 15) is 4.79 Å². The first kappa shape index (κ1) is 8.41. The summed E-state index contributed by atoms with van der Waals surface area (Å²) in [5, 5.41) is 20.7. The van der Waals surface area contributed by atoms with E-state index in [0.717, 1.165) is 6.08 Å². The molecule has 0 aromatic carbocycles. The van der Waals surface area contributed by atoms with Gasteiger partial charge in [0, 0.05) is 6.08 Å². The van der Waals surface area contributed by atoms with Crippen molar-refractivity contribution in [3.8, 4) is 0 Å². The first-order valence-electron chi connectivity index (χ1n) is 2.36. The van der Waals surface area contributed by atoms with Crippen LogP contribution in [0.1, 0.15) is 0 Å². The Morgan fingerprint density at radius 1 is 1.50 bits per heavy atom. The molecule has 1 rings (SSSR count). The van der Waals surface area contributed by atoms with Crippen molar-refractivity contribution in [2.75, 3.05) is 6.67 Å². The zero-order valence-corrected chi connectivity index (χ0v) is 5.14. The predicted octanol–water partition coefficient (Wildman–Crippen LogP) is 1.03. The summed E-state index contributed by atoms with van der Waals surface area (Å²) in [6, 6.07) is 0. The summed E-state index contributed by atoms with van der Waals surface area (Å²) in [6.07, 6.45) is 0.833. The number of nitrogens with zero attached hydrogens (tertiary/aromatic N) is 4. The van der Waals surface area contributed by atoms with Crippen LogP contribution in [0.15, 0.2) is 33.3 Å². The van der Waals surface area contributed by atoms with Gasteiger partial charge in [0.15, 0.2) is 6.67 Å². The minimum Gasteiger partial charge on any atom is -0.478 e. The van der Waals surface area contributed by atoms with Crippen LogP contribution in [0, 0.1) is 0 Å². The van der Waals surface area contributed by atoms with Crippen molar-refractivity contribution >= 4 is 5.97 Å². The summed E-state index contributed by atoms with van der Waals surface area (Å²) in [5.41, 5.74) is 0. The number of aliphatic carboxylic acids is 1. The van der Waals surface area contributed by atoms with E-state index in [1.54, 1.807) is 0 Å². The van der Waals surface area contributed by atoms with Gasteiger partial charge in [-0.25, -0.2) is 4.79 Å². The molecule has 0 atom stereocenters. The van der Waals surface area contributed by atoms with Gasteiger partial charge in [-0.1, -0.05) is 6.58 Å². The molecule has 54 valence electrons. The molecule has 1 aliphatic rings. The smallest absolute Gasteiger partial charge is 0.327 e. The van der Waals surface area contributed by atoms with Crippen molar-refractivity contribution < 1.29 is 9.90 Å². The highest BCUT2D eigenvalue weighted by Crippen LogP contribution is 1.87. The molecule has 0 spiro atoms. The van der Waals surface area contributed by atoms with E-state index in [4.69, 9.17) is 5.11 Å². The quantitative estimate of drug-likeness (QED) is 0.554. The Morgan fingerprint density at radius 3 is 2.00 bits per heavy atom. The van der Waals surface area contributed by atoms with Gasteiger partial charge in [-0.2, -0.15) is 0 Å². The maximum atomic E-state index is 9.25. The van der Waals surface area contributed by atoms with Crippen molar-refractivity contribution in [2.45, 2.75) is 0 Å². The lowest BCUT2D eigenvalue weighted by atomic mass is 10.7. The van der Waals surface area contributed by atoms with Gasteiger partial charge < -0.3 is 5.11 Å². The monoisotopic (exact) mass is 142 g/mol. The summed E-state index contributed by atoms with van der Waals surface area (Å²) in [7, 11) is 0. The lowest BCUT2D eigenvalue weighted by Gasteiger charge is -1.64. The van der Waals surface area contributed by atoms with E-state index in [2.05, 4.69) is 27.3 Å². The maximum Gasteiger partial charge on any atom is 0.327 e. The third kappa shape index (κ3) is 6.41. The van der Waals surface area contributed by atoms with Gasteiger partial charge in [-0.15, -0.1) is 10.2 Å². The fourth-order valence-electron chi connectivity index (χ4n) is 0.141. The largest absolute Gasteiger partial charge is 0.478 e. The van der Waals surface area contributed by atoms with Gasteiger partial charge in [0.1, 0.15) is 0 Å². The van der Waals surface area contributed by atoms with Crippen molar-refractivity contribution in [1.29, 1.82) is 0 Å². The Hall–Kier alpha value is -1.59. The number of carbonyl (C=O) groups is 1. The fraction of sp³-hybridized carbons (Fsp3) is 0.250. The molecule has 0 saturated heterocycles. The van der Waals surface area contributed by atoms with Gasteiger partial charge in [-0.05, 0) is 10.4 Å². The second-order valence-electron chi connectivity index (χ2n) is 1.15. The molecule has 0 aliphatic carbocycles. The second-order valence-corrected chi connectivity index (χ2v) is 1.15. The van der Waals surface area contributed by atoms with E-state index in [1.165, 1.54) is 0 Å². The highest BCUT2D eigenvalue weighted by Gasteiger charge is 1.76. The van der Waals surface area contributed by atoms with E-state index in [1.807, 2.05) is 0 Å². The molecule has 10 heavy (non-hydrogen) atoms. The first-order chi connectivity index (χ1) is 4.77. The van der Waals surface area contributed by atoms with Crippen LogP contribution in [0.2, 0.25) is 0 Å². The molecule has 0 unspecified atom stereocenters. The maximum absolute atomic E-state index is 9.25. The van der Waals surface area contributed by atoms with E-state index < -0.39 is 5.97 Å². The Kier molecular flexibility index (Phi) is 4.66. The molecular formula is C4H6N4O2. The second kappa shape index (κ2) is 5.54. The van der Waals surface area contributed by atoms with Crippen LogP contribution in [0.25, 0.3) is 0 Å². The van der Waals surface area contributed by atoms with Crippen LogP contribution in [-0.2, 0) is 4.79 Å².